The zero-order valence-electron chi connectivity index (χ0n) is 9.70. The summed E-state index contributed by atoms with van der Waals surface area (Å²) in [6.45, 7) is 0. The summed E-state index contributed by atoms with van der Waals surface area (Å²) in [5.74, 6) is 0.0660. The first-order chi connectivity index (χ1) is 8.68. The molecule has 0 radical (unpaired) electrons. The molecular formula is C15H12BrClO. The van der Waals surface area contributed by atoms with Crippen molar-refractivity contribution in [3.05, 3.63) is 69.2 Å². The van der Waals surface area contributed by atoms with Crippen molar-refractivity contribution in [2.24, 2.45) is 0 Å². The van der Waals surface area contributed by atoms with Crippen LogP contribution in [-0.2, 0) is 6.42 Å². The second kappa shape index (κ2) is 6.17. The van der Waals surface area contributed by atoms with Crippen molar-refractivity contribution in [1.29, 1.82) is 0 Å². The van der Waals surface area contributed by atoms with Gasteiger partial charge in [-0.15, -0.1) is 0 Å². The summed E-state index contributed by atoms with van der Waals surface area (Å²) in [4.78, 5) is 12.1. The van der Waals surface area contributed by atoms with E-state index in [2.05, 4.69) is 15.9 Å². The Bertz CT molecular complexity index is 531. The lowest BCUT2D eigenvalue weighted by atomic mass is 10.0. The molecule has 1 nitrogen and oxygen atoms in total. The average molecular weight is 324 g/mol. The van der Waals surface area contributed by atoms with Crippen molar-refractivity contribution >= 4 is 33.3 Å². The minimum atomic E-state index is 0.0660. The van der Waals surface area contributed by atoms with Gasteiger partial charge in [-0.3, -0.25) is 4.79 Å². The molecule has 0 saturated heterocycles. The van der Waals surface area contributed by atoms with Gasteiger partial charge in [0.2, 0.25) is 0 Å². The summed E-state index contributed by atoms with van der Waals surface area (Å²) < 4.78 is 0.757. The van der Waals surface area contributed by atoms with Crippen LogP contribution in [0, 0.1) is 0 Å². The standard InChI is InChI=1S/C15H12BrClO/c16-12-7-4-8-13(17)15(12)14(18)10-9-11-5-2-1-3-6-11/h1-8H,9-10H2. The summed E-state index contributed by atoms with van der Waals surface area (Å²) in [6, 6.07) is 15.4. The van der Waals surface area contributed by atoms with Crippen LogP contribution in [0.4, 0.5) is 0 Å². The van der Waals surface area contributed by atoms with E-state index in [-0.39, 0.29) is 5.78 Å². The topological polar surface area (TPSA) is 17.1 Å². The highest BCUT2D eigenvalue weighted by Crippen LogP contribution is 2.26. The van der Waals surface area contributed by atoms with E-state index >= 15 is 0 Å². The SMILES string of the molecule is O=C(CCc1ccccc1)c1c(Cl)cccc1Br. The van der Waals surface area contributed by atoms with Crippen LogP contribution in [0.25, 0.3) is 0 Å². The van der Waals surface area contributed by atoms with E-state index in [1.54, 1.807) is 6.07 Å². The quantitative estimate of drug-likeness (QED) is 0.730. The molecule has 0 N–H and O–H groups in total. The number of benzene rings is 2. The van der Waals surface area contributed by atoms with E-state index in [4.69, 9.17) is 11.6 Å². The number of carbonyl (C=O) groups excluding carboxylic acids is 1. The molecule has 2 rings (SSSR count). The number of halogens is 2. The van der Waals surface area contributed by atoms with Gasteiger partial charge in [0.25, 0.3) is 0 Å². The Morgan fingerprint density at radius 2 is 1.78 bits per heavy atom. The van der Waals surface area contributed by atoms with Gasteiger partial charge in [-0.1, -0.05) is 48.0 Å². The number of carbonyl (C=O) groups is 1. The average Bonchev–Trinajstić information content (AvgIpc) is 2.37. The minimum absolute atomic E-state index is 0.0660. The van der Waals surface area contributed by atoms with Crippen LogP contribution < -0.4 is 0 Å². The molecule has 0 aliphatic rings. The van der Waals surface area contributed by atoms with Crippen LogP contribution in [0.1, 0.15) is 22.3 Å². The summed E-state index contributed by atoms with van der Waals surface area (Å²) in [5.41, 5.74) is 1.74. The first kappa shape index (κ1) is 13.3. The number of Topliss-reactive ketones (excluding diaryl/α,β-unsaturated/α-hetero) is 1. The predicted molar refractivity (Wildman–Crippen MR) is 78.2 cm³/mol. The first-order valence-electron chi connectivity index (χ1n) is 5.69. The molecule has 0 aromatic heterocycles. The molecule has 3 heteroatoms. The smallest absolute Gasteiger partial charge is 0.165 e. The van der Waals surface area contributed by atoms with Crippen LogP contribution in [0.3, 0.4) is 0 Å². The van der Waals surface area contributed by atoms with Crippen LogP contribution >= 0.6 is 27.5 Å². The van der Waals surface area contributed by atoms with Crippen LogP contribution in [0.5, 0.6) is 0 Å². The maximum Gasteiger partial charge on any atom is 0.165 e. The molecule has 2 aromatic rings. The Balaban J connectivity index is 2.09. The van der Waals surface area contributed by atoms with Gasteiger partial charge in [0.1, 0.15) is 0 Å². The Hall–Kier alpha value is -1.12. The number of ketones is 1. The number of aryl methyl sites for hydroxylation is 1. The molecule has 2 aromatic carbocycles. The van der Waals surface area contributed by atoms with Crippen molar-refractivity contribution in [1.82, 2.24) is 0 Å². The molecule has 0 bridgehead atoms. The molecular weight excluding hydrogens is 312 g/mol. The van der Waals surface area contributed by atoms with E-state index in [0.717, 1.165) is 16.5 Å². The highest BCUT2D eigenvalue weighted by molar-refractivity contribution is 9.10. The van der Waals surface area contributed by atoms with Gasteiger partial charge in [-0.2, -0.15) is 0 Å². The van der Waals surface area contributed by atoms with Gasteiger partial charge in [-0.25, -0.2) is 0 Å². The zero-order valence-corrected chi connectivity index (χ0v) is 12.0. The van der Waals surface area contributed by atoms with Gasteiger partial charge in [0.15, 0.2) is 5.78 Å². The highest BCUT2D eigenvalue weighted by Gasteiger charge is 2.13. The van der Waals surface area contributed by atoms with Crippen molar-refractivity contribution < 1.29 is 4.79 Å². The van der Waals surface area contributed by atoms with Crippen LogP contribution in [0.15, 0.2) is 53.0 Å². The van der Waals surface area contributed by atoms with Crippen LogP contribution in [-0.4, -0.2) is 5.78 Å². The third-order valence-electron chi connectivity index (χ3n) is 2.73. The molecule has 0 amide bonds. The zero-order chi connectivity index (χ0) is 13.0. The molecule has 18 heavy (non-hydrogen) atoms. The molecule has 0 heterocycles. The molecule has 0 fully saturated rings. The Morgan fingerprint density at radius 1 is 1.06 bits per heavy atom. The van der Waals surface area contributed by atoms with E-state index in [1.165, 1.54) is 0 Å². The summed E-state index contributed by atoms with van der Waals surface area (Å²) in [7, 11) is 0. The van der Waals surface area contributed by atoms with E-state index < -0.39 is 0 Å². The number of hydrogen-bond donors (Lipinski definition) is 0. The lowest BCUT2D eigenvalue weighted by Crippen LogP contribution is -2.03. The van der Waals surface area contributed by atoms with Gasteiger partial charge in [-0.05, 0) is 40.0 Å². The van der Waals surface area contributed by atoms with Crippen molar-refractivity contribution in [2.75, 3.05) is 0 Å². The molecule has 92 valence electrons. The van der Waals surface area contributed by atoms with Crippen LogP contribution in [0.2, 0.25) is 5.02 Å². The molecule has 0 unspecified atom stereocenters. The van der Waals surface area contributed by atoms with Crippen molar-refractivity contribution in [3.8, 4) is 0 Å². The van der Waals surface area contributed by atoms with E-state index in [0.29, 0.717) is 17.0 Å². The lowest BCUT2D eigenvalue weighted by Gasteiger charge is -2.06. The minimum Gasteiger partial charge on any atom is -0.294 e. The fourth-order valence-electron chi connectivity index (χ4n) is 1.79. The number of rotatable bonds is 4. The second-order valence-corrected chi connectivity index (χ2v) is 5.27. The third kappa shape index (κ3) is 3.21. The molecule has 0 saturated carbocycles. The molecule has 0 spiro atoms. The van der Waals surface area contributed by atoms with Gasteiger partial charge < -0.3 is 0 Å². The van der Waals surface area contributed by atoms with Gasteiger partial charge in [0, 0.05) is 10.9 Å². The molecule has 0 aliphatic carbocycles. The third-order valence-corrected chi connectivity index (χ3v) is 3.70. The Kier molecular flexibility index (Phi) is 4.56. The summed E-state index contributed by atoms with van der Waals surface area (Å²) in [6.07, 6.45) is 1.20. The monoisotopic (exact) mass is 322 g/mol. The summed E-state index contributed by atoms with van der Waals surface area (Å²) in [5, 5.41) is 0.502. The summed E-state index contributed by atoms with van der Waals surface area (Å²) >= 11 is 9.42. The van der Waals surface area contributed by atoms with E-state index in [1.807, 2.05) is 42.5 Å². The Labute approximate surface area is 120 Å². The molecule has 0 atom stereocenters. The fourth-order valence-corrected chi connectivity index (χ4v) is 2.77. The van der Waals surface area contributed by atoms with E-state index in [9.17, 15) is 4.79 Å². The predicted octanol–water partition coefficient (Wildman–Crippen LogP) is 4.92. The maximum absolute atomic E-state index is 12.1. The normalized spacial score (nSPS) is 10.3. The lowest BCUT2D eigenvalue weighted by molar-refractivity contribution is 0.0982. The number of hydrogen-bond acceptors (Lipinski definition) is 1. The van der Waals surface area contributed by atoms with Crippen molar-refractivity contribution in [2.45, 2.75) is 12.8 Å². The highest BCUT2D eigenvalue weighted by atomic mass is 79.9. The Morgan fingerprint density at radius 3 is 2.44 bits per heavy atom. The first-order valence-corrected chi connectivity index (χ1v) is 6.86. The van der Waals surface area contributed by atoms with Gasteiger partial charge in [0.05, 0.1) is 10.6 Å². The fraction of sp³-hybridized carbons (Fsp3) is 0.133. The maximum atomic E-state index is 12.1. The largest absolute Gasteiger partial charge is 0.294 e. The molecule has 0 aliphatic heterocycles. The van der Waals surface area contributed by atoms with Gasteiger partial charge >= 0.3 is 0 Å². The van der Waals surface area contributed by atoms with Crippen molar-refractivity contribution in [3.63, 3.8) is 0 Å². The second-order valence-electron chi connectivity index (χ2n) is 4.01.